The molecule has 0 spiro atoms. The first-order valence-corrected chi connectivity index (χ1v) is 17.1. The van der Waals surface area contributed by atoms with E-state index in [1.807, 2.05) is 29.2 Å². The van der Waals surface area contributed by atoms with Crippen molar-refractivity contribution in [2.75, 3.05) is 51.6 Å². The zero-order valence-corrected chi connectivity index (χ0v) is 27.5. The van der Waals surface area contributed by atoms with Crippen LogP contribution in [-0.4, -0.2) is 106 Å². The van der Waals surface area contributed by atoms with Gasteiger partial charge < -0.3 is 30.1 Å². The smallest absolute Gasteiger partial charge is 0.506 e. The van der Waals surface area contributed by atoms with E-state index in [0.717, 1.165) is 43.5 Å². The molecular formula is C35H47ClN5O5+. The molecule has 10 nitrogen and oxygen atoms in total. The number of phenolic OH excluding ortho intramolecular Hbond substituents is 1. The molecule has 0 radical (unpaired) electrons. The highest BCUT2D eigenvalue weighted by atomic mass is 35.5. The van der Waals surface area contributed by atoms with E-state index in [4.69, 9.17) is 11.6 Å². The summed E-state index contributed by atoms with van der Waals surface area (Å²) in [6.07, 6.45) is 5.76. The summed E-state index contributed by atoms with van der Waals surface area (Å²) in [4.78, 5) is 46.6. The number of amides is 3. The quantitative estimate of drug-likeness (QED) is 0.262. The average Bonchev–Trinajstić information content (AvgIpc) is 3.22. The normalized spacial score (nSPS) is 28.7. The van der Waals surface area contributed by atoms with Gasteiger partial charge in [-0.15, -0.1) is 0 Å². The van der Waals surface area contributed by atoms with Crippen LogP contribution in [0.3, 0.4) is 0 Å². The number of carbonyl (C=O) groups is 3. The second-order valence-corrected chi connectivity index (χ2v) is 14.3. The Morgan fingerprint density at radius 2 is 1.74 bits per heavy atom. The van der Waals surface area contributed by atoms with Crippen LogP contribution in [0.5, 0.6) is 5.75 Å². The Morgan fingerprint density at radius 1 is 1.04 bits per heavy atom. The third-order valence-electron chi connectivity index (χ3n) is 11.6. The molecule has 2 aromatic carbocycles. The van der Waals surface area contributed by atoms with E-state index >= 15 is 0 Å². The van der Waals surface area contributed by atoms with E-state index in [1.54, 1.807) is 12.1 Å². The zero-order valence-electron chi connectivity index (χ0n) is 26.7. The number of halogens is 1. The molecule has 11 heteroatoms. The van der Waals surface area contributed by atoms with Gasteiger partial charge in [0.15, 0.2) is 5.66 Å². The van der Waals surface area contributed by atoms with Crippen LogP contribution in [-0.2, 0) is 17.8 Å². The number of nitrogens with zero attached hydrogens (tertiary/aromatic N) is 4. The number of benzene rings is 2. The fourth-order valence-corrected chi connectivity index (χ4v) is 9.17. The molecule has 2 unspecified atom stereocenters. The van der Waals surface area contributed by atoms with E-state index in [1.165, 1.54) is 18.9 Å². The van der Waals surface area contributed by atoms with Gasteiger partial charge in [-0.1, -0.05) is 29.8 Å². The second-order valence-electron chi connectivity index (χ2n) is 13.9. The topological polar surface area (TPSA) is 113 Å². The number of fused-ring (bicyclic) bond motifs is 1. The Labute approximate surface area is 276 Å². The lowest BCUT2D eigenvalue weighted by Gasteiger charge is -2.59. The lowest BCUT2D eigenvalue weighted by atomic mass is 9.76. The molecule has 4 heterocycles. The molecule has 0 aliphatic carbocycles. The minimum atomic E-state index is -1.07. The largest absolute Gasteiger partial charge is 0.515 e. The molecule has 3 saturated heterocycles. The number of phenols is 1. The minimum Gasteiger partial charge on any atom is -0.506 e. The van der Waals surface area contributed by atoms with E-state index in [9.17, 15) is 24.6 Å². The van der Waals surface area contributed by atoms with Crippen LogP contribution in [0.2, 0.25) is 5.02 Å². The molecule has 3 amide bonds. The molecule has 0 bridgehead atoms. The Hall–Kier alpha value is -3.18. The molecule has 2 aromatic rings. The summed E-state index contributed by atoms with van der Waals surface area (Å²) < 4.78 is -0.349. The molecule has 0 aromatic heterocycles. The molecule has 3 atom stereocenters. The van der Waals surface area contributed by atoms with Crippen LogP contribution in [0.25, 0.3) is 0 Å². The third-order valence-corrected chi connectivity index (χ3v) is 11.9. The number of hydrogen-bond donors (Lipinski definition) is 3. The molecule has 248 valence electrons. The number of aromatic hydroxyl groups is 1. The number of piperidine rings is 3. The molecule has 4 aliphatic rings. The van der Waals surface area contributed by atoms with Crippen molar-refractivity contribution < 1.29 is 29.1 Å². The highest BCUT2D eigenvalue weighted by Crippen LogP contribution is 2.47. The fourth-order valence-electron chi connectivity index (χ4n) is 8.97. The predicted octanol–water partition coefficient (Wildman–Crippen LogP) is 5.63. The maximum Gasteiger partial charge on any atom is 0.515 e. The van der Waals surface area contributed by atoms with Crippen LogP contribution in [0, 0.1) is 11.8 Å². The van der Waals surface area contributed by atoms with Crippen molar-refractivity contribution in [1.82, 2.24) is 14.7 Å². The van der Waals surface area contributed by atoms with E-state index < -0.39 is 11.8 Å². The Morgan fingerprint density at radius 3 is 2.41 bits per heavy atom. The Bertz CT molecular complexity index is 1440. The number of aldehydes is 1. The average molecular weight is 653 g/mol. The molecule has 46 heavy (non-hydrogen) atoms. The predicted molar refractivity (Wildman–Crippen MR) is 177 cm³/mol. The maximum absolute atomic E-state index is 13.7. The number of carbonyl (C=O) groups excluding carboxylic acids is 2. The van der Waals surface area contributed by atoms with Gasteiger partial charge in [-0.05, 0) is 93.9 Å². The van der Waals surface area contributed by atoms with Crippen LogP contribution in [0.4, 0.5) is 15.3 Å². The number of quaternary nitrogens is 1. The summed E-state index contributed by atoms with van der Waals surface area (Å²) in [5, 5.41) is 24.6. The van der Waals surface area contributed by atoms with Crippen LogP contribution < -0.4 is 5.32 Å². The van der Waals surface area contributed by atoms with Crippen molar-refractivity contribution in [3.05, 3.63) is 58.6 Å². The number of rotatable bonds is 7. The number of anilines is 1. The molecule has 3 N–H and O–H groups in total. The van der Waals surface area contributed by atoms with Gasteiger partial charge in [-0.3, -0.25) is 4.90 Å². The molecule has 3 fully saturated rings. The van der Waals surface area contributed by atoms with Gasteiger partial charge in [0.1, 0.15) is 18.6 Å². The SMILES string of the molecule is CN1CCC(C2CCN(C3(CC=O)CC(N4CCc5ccccc5NC4=O)CC[N@+]3(Cc3ccc(O)c(Cl)c3)C(=O)O)CC2)CC1. The number of likely N-dealkylation sites (tertiary alicyclic amines) is 3. The van der Waals surface area contributed by atoms with Gasteiger partial charge in [-0.25, -0.2) is 9.28 Å². The van der Waals surface area contributed by atoms with E-state index in [-0.39, 0.29) is 46.8 Å². The van der Waals surface area contributed by atoms with Gasteiger partial charge in [-0.2, -0.15) is 4.79 Å². The fraction of sp³-hybridized carbons (Fsp3) is 0.571. The first-order valence-electron chi connectivity index (χ1n) is 16.8. The van der Waals surface area contributed by atoms with E-state index in [0.29, 0.717) is 56.3 Å². The van der Waals surface area contributed by atoms with Crippen molar-refractivity contribution in [3.8, 4) is 5.75 Å². The van der Waals surface area contributed by atoms with Crippen molar-refractivity contribution in [2.45, 2.75) is 69.6 Å². The number of urea groups is 1. The summed E-state index contributed by atoms with van der Waals surface area (Å²) in [5.74, 6) is 1.18. The second kappa shape index (κ2) is 13.5. The standard InChI is InChI=1S/C35H46ClN5O5/c1-38-15-8-26(9-16-38)27-10-17-39(18-11-27)35(14-21-42)23-29(40-19-12-28-4-2-3-5-31(28)37-33(40)44)13-20-41(35,34(45)46)24-25-6-7-32(43)30(36)22-25/h2-7,21-22,26-27,29H,8-20,23-24H2,1H3,(H2-,37,43,44,45,46)/p+1/t29?,35?,41-/m0/s1. The Balaban J connectivity index is 1.35. The highest BCUT2D eigenvalue weighted by Gasteiger charge is 2.64. The minimum absolute atomic E-state index is 0.0379. The third kappa shape index (κ3) is 6.12. The van der Waals surface area contributed by atoms with Crippen molar-refractivity contribution in [2.24, 2.45) is 11.8 Å². The van der Waals surface area contributed by atoms with Gasteiger partial charge >= 0.3 is 12.1 Å². The summed E-state index contributed by atoms with van der Waals surface area (Å²) in [7, 11) is 2.18. The summed E-state index contributed by atoms with van der Waals surface area (Å²) in [6.45, 7) is 4.51. The number of para-hydroxylation sites is 1. The number of hydrogen-bond acceptors (Lipinski definition) is 6. The molecule has 4 aliphatic heterocycles. The first-order chi connectivity index (χ1) is 22.2. The molecule has 6 rings (SSSR count). The maximum atomic E-state index is 13.7. The Kier molecular flexibility index (Phi) is 9.62. The summed E-state index contributed by atoms with van der Waals surface area (Å²) >= 11 is 6.31. The van der Waals surface area contributed by atoms with Gasteiger partial charge in [0.2, 0.25) is 0 Å². The lowest BCUT2D eigenvalue weighted by Crippen LogP contribution is -2.78. The summed E-state index contributed by atoms with van der Waals surface area (Å²) in [6, 6.07) is 12.2. The van der Waals surface area contributed by atoms with Crippen molar-refractivity contribution in [1.29, 1.82) is 0 Å². The van der Waals surface area contributed by atoms with Crippen LogP contribution in [0.15, 0.2) is 42.5 Å². The van der Waals surface area contributed by atoms with Gasteiger partial charge in [0.25, 0.3) is 0 Å². The van der Waals surface area contributed by atoms with Gasteiger partial charge in [0.05, 0.1) is 18.0 Å². The van der Waals surface area contributed by atoms with E-state index in [2.05, 4.69) is 22.2 Å². The highest BCUT2D eigenvalue weighted by molar-refractivity contribution is 6.32. The first kappa shape index (κ1) is 32.7. The molecule has 0 saturated carbocycles. The van der Waals surface area contributed by atoms with Gasteiger partial charge in [0, 0.05) is 49.8 Å². The van der Waals surface area contributed by atoms with Crippen molar-refractivity contribution in [3.63, 3.8) is 0 Å². The molecular weight excluding hydrogens is 606 g/mol. The monoisotopic (exact) mass is 652 g/mol. The zero-order chi connectivity index (χ0) is 32.5. The number of carboxylic acid groups (broad SMARTS) is 1. The number of nitrogens with one attached hydrogen (secondary N) is 1. The van der Waals surface area contributed by atoms with Crippen molar-refractivity contribution >= 4 is 35.7 Å². The van der Waals surface area contributed by atoms with Crippen LogP contribution in [0.1, 0.15) is 56.1 Å². The van der Waals surface area contributed by atoms with Crippen LogP contribution >= 0.6 is 11.6 Å². The lowest BCUT2D eigenvalue weighted by molar-refractivity contribution is -0.942. The summed E-state index contributed by atoms with van der Waals surface area (Å²) in [5.41, 5.74) is 1.49.